The molecule has 0 spiro atoms. The molecule has 174 valence electrons. The molecule has 1 aliphatic heterocycles. The highest BCUT2D eigenvalue weighted by atomic mass is 32.2. The van der Waals surface area contributed by atoms with E-state index in [4.69, 9.17) is 4.74 Å². The van der Waals surface area contributed by atoms with E-state index in [1.54, 1.807) is 29.8 Å². The molecule has 1 aromatic heterocycles. The highest BCUT2D eigenvalue weighted by Crippen LogP contribution is 2.36. The fourth-order valence-corrected chi connectivity index (χ4v) is 5.93. The molecule has 1 aliphatic rings. The third-order valence-corrected chi connectivity index (χ3v) is 7.88. The van der Waals surface area contributed by atoms with E-state index in [9.17, 15) is 13.2 Å². The number of hydrogen-bond acceptors (Lipinski definition) is 5. The Labute approximate surface area is 194 Å². The van der Waals surface area contributed by atoms with Crippen LogP contribution in [0.5, 0.6) is 5.75 Å². The van der Waals surface area contributed by atoms with Gasteiger partial charge in [0.25, 0.3) is 15.9 Å². The molecule has 0 radical (unpaired) electrons. The molecule has 1 N–H and O–H groups in total. The number of carbonyl (C=O) groups excluding carboxylic acids is 1. The van der Waals surface area contributed by atoms with E-state index in [1.807, 2.05) is 36.4 Å². The van der Waals surface area contributed by atoms with E-state index in [0.29, 0.717) is 30.8 Å². The number of sulfonamides is 1. The van der Waals surface area contributed by atoms with Gasteiger partial charge in [-0.25, -0.2) is 13.4 Å². The minimum atomic E-state index is -3.75. The number of piperidine rings is 1. The van der Waals surface area contributed by atoms with Gasteiger partial charge in [-0.2, -0.15) is 4.31 Å². The van der Waals surface area contributed by atoms with Crippen molar-refractivity contribution < 1.29 is 17.9 Å². The number of ether oxygens (including phenoxy) is 1. The summed E-state index contributed by atoms with van der Waals surface area (Å²) in [6.45, 7) is 0.957. The third kappa shape index (κ3) is 4.65. The third-order valence-electron chi connectivity index (χ3n) is 6.15. The number of benzene rings is 2. The number of aromatic nitrogens is 2. The number of rotatable bonds is 7. The first-order chi connectivity index (χ1) is 15.9. The normalized spacial score (nSPS) is 19.2. The Balaban J connectivity index is 1.63. The van der Waals surface area contributed by atoms with Gasteiger partial charge >= 0.3 is 0 Å². The summed E-state index contributed by atoms with van der Waals surface area (Å²) in [5.41, 5.74) is 0.863. The zero-order chi connectivity index (χ0) is 23.5. The zero-order valence-electron chi connectivity index (χ0n) is 18.8. The van der Waals surface area contributed by atoms with Gasteiger partial charge in [0.05, 0.1) is 19.0 Å². The monoisotopic (exact) mass is 468 g/mol. The lowest BCUT2D eigenvalue weighted by Crippen LogP contribution is -2.53. The van der Waals surface area contributed by atoms with E-state index in [1.165, 1.54) is 23.9 Å². The summed E-state index contributed by atoms with van der Waals surface area (Å²) in [6, 6.07) is 16.8. The van der Waals surface area contributed by atoms with Crippen LogP contribution in [-0.2, 0) is 22.5 Å². The lowest BCUT2D eigenvalue weighted by molar-refractivity contribution is 0.0929. The maximum Gasteiger partial charge on any atom is 0.262 e. The topological polar surface area (TPSA) is 93.5 Å². The molecule has 0 bridgehead atoms. The number of nitrogens with one attached hydrogen (secondary N) is 1. The average Bonchev–Trinajstić information content (AvgIpc) is 3.30. The summed E-state index contributed by atoms with van der Waals surface area (Å²) in [6.07, 6.45) is 4.41. The molecule has 3 aromatic rings. The second kappa shape index (κ2) is 9.36. The molecule has 1 fully saturated rings. The van der Waals surface area contributed by atoms with E-state index in [2.05, 4.69) is 10.3 Å². The number of methoxy groups -OCH3 is 1. The molecule has 9 heteroatoms. The molecular weight excluding hydrogens is 440 g/mol. The first kappa shape index (κ1) is 23.0. The second-order valence-corrected chi connectivity index (χ2v) is 10.2. The Hall–Kier alpha value is -3.17. The Morgan fingerprint density at radius 3 is 2.58 bits per heavy atom. The molecule has 4 rings (SSSR count). The van der Waals surface area contributed by atoms with Crippen molar-refractivity contribution in [3.63, 3.8) is 0 Å². The van der Waals surface area contributed by atoms with E-state index >= 15 is 0 Å². The Morgan fingerprint density at radius 1 is 1.15 bits per heavy atom. The number of imidazole rings is 1. The number of nitrogens with zero attached hydrogens (tertiary/aromatic N) is 3. The Bertz CT molecular complexity index is 1230. The highest BCUT2D eigenvalue weighted by molar-refractivity contribution is 7.89. The summed E-state index contributed by atoms with van der Waals surface area (Å²) in [5, 5.41) is 3.07. The van der Waals surface area contributed by atoms with Crippen LogP contribution in [0.25, 0.3) is 0 Å². The lowest BCUT2D eigenvalue weighted by Gasteiger charge is -2.42. The molecule has 1 unspecified atom stereocenters. The first-order valence-electron chi connectivity index (χ1n) is 10.8. The van der Waals surface area contributed by atoms with Crippen LogP contribution in [0.2, 0.25) is 0 Å². The summed E-state index contributed by atoms with van der Waals surface area (Å²) in [7, 11) is -0.486. The summed E-state index contributed by atoms with van der Waals surface area (Å²) >= 11 is 0. The minimum absolute atomic E-state index is 0.0342. The van der Waals surface area contributed by atoms with Gasteiger partial charge < -0.3 is 14.6 Å². The van der Waals surface area contributed by atoms with Crippen LogP contribution in [0.3, 0.4) is 0 Å². The zero-order valence-corrected chi connectivity index (χ0v) is 19.6. The van der Waals surface area contributed by atoms with Crippen LogP contribution in [0, 0.1) is 0 Å². The standard InChI is InChI=1S/C24H28N4O4S/c1-27-15-22(26-18-27)33(30,31)28-14-8-13-24(17-28,19-9-4-3-5-10-19)16-25-23(29)20-11-6-7-12-21(20)32-2/h3-7,9-12,15,18H,8,13-14,16-17H2,1-2H3,(H,25,29). The van der Waals surface area contributed by atoms with Crippen molar-refractivity contribution in [3.8, 4) is 5.75 Å². The van der Waals surface area contributed by atoms with Crippen molar-refractivity contribution in [3.05, 3.63) is 78.2 Å². The van der Waals surface area contributed by atoms with Crippen LogP contribution in [0.15, 0.2) is 72.1 Å². The molecule has 1 atom stereocenters. The van der Waals surface area contributed by atoms with Gasteiger partial charge in [-0.3, -0.25) is 4.79 Å². The number of amides is 1. The van der Waals surface area contributed by atoms with Crippen molar-refractivity contribution in [2.24, 2.45) is 7.05 Å². The van der Waals surface area contributed by atoms with Crippen LogP contribution < -0.4 is 10.1 Å². The number of aryl methyl sites for hydroxylation is 1. The number of para-hydroxylation sites is 1. The van der Waals surface area contributed by atoms with Gasteiger partial charge in [0.1, 0.15) is 5.75 Å². The molecule has 1 amide bonds. The Morgan fingerprint density at radius 2 is 1.88 bits per heavy atom. The summed E-state index contributed by atoms with van der Waals surface area (Å²) in [5.74, 6) is 0.235. The largest absolute Gasteiger partial charge is 0.496 e. The summed E-state index contributed by atoms with van der Waals surface area (Å²) < 4.78 is 35.0. The molecule has 8 nitrogen and oxygen atoms in total. The van der Waals surface area contributed by atoms with Gasteiger partial charge in [-0.1, -0.05) is 42.5 Å². The van der Waals surface area contributed by atoms with E-state index in [-0.39, 0.29) is 17.5 Å². The first-order valence-corrected chi connectivity index (χ1v) is 12.2. The van der Waals surface area contributed by atoms with Gasteiger partial charge in [-0.15, -0.1) is 0 Å². The fraction of sp³-hybridized carbons (Fsp3) is 0.333. The average molecular weight is 469 g/mol. The fourth-order valence-electron chi connectivity index (χ4n) is 4.40. The van der Waals surface area contributed by atoms with Crippen LogP contribution in [0.4, 0.5) is 0 Å². The predicted molar refractivity (Wildman–Crippen MR) is 125 cm³/mol. The maximum absolute atomic E-state index is 13.3. The van der Waals surface area contributed by atoms with E-state index < -0.39 is 15.4 Å². The van der Waals surface area contributed by atoms with Crippen LogP contribution in [-0.4, -0.2) is 54.9 Å². The lowest BCUT2D eigenvalue weighted by atomic mass is 9.74. The van der Waals surface area contributed by atoms with Gasteiger partial charge in [0.15, 0.2) is 5.03 Å². The van der Waals surface area contributed by atoms with Crippen LogP contribution >= 0.6 is 0 Å². The molecule has 2 aromatic carbocycles. The highest BCUT2D eigenvalue weighted by Gasteiger charge is 2.42. The van der Waals surface area contributed by atoms with Gasteiger partial charge in [-0.05, 0) is 30.5 Å². The molecule has 0 aliphatic carbocycles. The van der Waals surface area contributed by atoms with Gasteiger partial charge in [0.2, 0.25) is 0 Å². The van der Waals surface area contributed by atoms with Crippen molar-refractivity contribution in [2.75, 3.05) is 26.7 Å². The predicted octanol–water partition coefficient (Wildman–Crippen LogP) is 2.58. The smallest absolute Gasteiger partial charge is 0.262 e. The van der Waals surface area contributed by atoms with E-state index in [0.717, 1.165) is 12.0 Å². The molecule has 0 saturated carbocycles. The molecule has 2 heterocycles. The Kier molecular flexibility index (Phi) is 6.53. The summed E-state index contributed by atoms with van der Waals surface area (Å²) in [4.78, 5) is 17.1. The minimum Gasteiger partial charge on any atom is -0.496 e. The second-order valence-electron chi connectivity index (χ2n) is 8.35. The number of carbonyl (C=O) groups is 1. The van der Waals surface area contributed by atoms with Crippen LogP contribution in [0.1, 0.15) is 28.8 Å². The molecular formula is C24H28N4O4S. The SMILES string of the molecule is COc1ccccc1C(=O)NCC1(c2ccccc2)CCCN(S(=O)(=O)c2cn(C)cn2)C1. The molecule has 1 saturated heterocycles. The van der Waals surface area contributed by atoms with Crippen molar-refractivity contribution in [1.82, 2.24) is 19.2 Å². The maximum atomic E-state index is 13.3. The van der Waals surface area contributed by atoms with Crippen molar-refractivity contribution in [2.45, 2.75) is 23.3 Å². The van der Waals surface area contributed by atoms with Crippen molar-refractivity contribution in [1.29, 1.82) is 0 Å². The number of hydrogen-bond donors (Lipinski definition) is 1. The van der Waals surface area contributed by atoms with Gasteiger partial charge in [0, 0.05) is 38.3 Å². The van der Waals surface area contributed by atoms with Crippen molar-refractivity contribution >= 4 is 15.9 Å². The quantitative estimate of drug-likeness (QED) is 0.575. The molecule has 33 heavy (non-hydrogen) atoms.